The Balaban J connectivity index is 2.14. The second kappa shape index (κ2) is 5.19. The summed E-state index contributed by atoms with van der Waals surface area (Å²) < 4.78 is 6.81. The molecule has 22 heavy (non-hydrogen) atoms. The molecule has 0 aliphatic carbocycles. The number of hydrogen-bond acceptors (Lipinski definition) is 7. The van der Waals surface area contributed by atoms with E-state index in [0.717, 1.165) is 0 Å². The van der Waals surface area contributed by atoms with E-state index in [0.29, 0.717) is 0 Å². The first-order valence-corrected chi connectivity index (χ1v) is 6.63. The van der Waals surface area contributed by atoms with E-state index in [1.54, 1.807) is 0 Å². The molecule has 0 spiro atoms. The molecule has 9 nitrogen and oxygen atoms in total. The van der Waals surface area contributed by atoms with Crippen molar-refractivity contribution in [3.63, 3.8) is 0 Å². The lowest BCUT2D eigenvalue weighted by Gasteiger charge is -2.17. The number of nitrogens with zero attached hydrogens (tertiary/aromatic N) is 3. The van der Waals surface area contributed by atoms with Gasteiger partial charge in [0.05, 0.1) is 18.0 Å². The van der Waals surface area contributed by atoms with Gasteiger partial charge in [0.1, 0.15) is 29.8 Å². The van der Waals surface area contributed by atoms with Gasteiger partial charge < -0.3 is 29.6 Å². The van der Waals surface area contributed by atoms with Gasteiger partial charge in [-0.15, -0.1) is 0 Å². The molecular weight excluding hydrogens is 292 g/mol. The first kappa shape index (κ1) is 14.7. The molecule has 4 N–H and O–H groups in total. The maximum absolute atomic E-state index is 11.9. The van der Waals surface area contributed by atoms with Crippen LogP contribution in [0, 0.1) is 11.3 Å². The number of rotatable bonds is 2. The lowest BCUT2D eigenvalue weighted by molar-refractivity contribution is -0.0776. The fourth-order valence-corrected chi connectivity index (χ4v) is 2.69. The summed E-state index contributed by atoms with van der Waals surface area (Å²) in [7, 11) is 0. The van der Waals surface area contributed by atoms with Crippen molar-refractivity contribution < 1.29 is 20.1 Å². The van der Waals surface area contributed by atoms with E-state index in [2.05, 4.69) is 9.97 Å². The lowest BCUT2D eigenvalue weighted by Crippen LogP contribution is -2.37. The van der Waals surface area contributed by atoms with Crippen LogP contribution in [0.15, 0.2) is 17.3 Å². The third kappa shape index (κ3) is 2.01. The largest absolute Gasteiger partial charge is 0.391 e. The predicted octanol–water partition coefficient (Wildman–Crippen LogP) is -1.40. The SMILES string of the molecule is C[C@@H](O)[C@H]1OC(n2cc(C#N)c3c(=O)[nH]cnc32)[C@H](O)[C@@H]1O. The third-order valence-corrected chi connectivity index (χ3v) is 3.76. The van der Waals surface area contributed by atoms with E-state index in [1.807, 2.05) is 6.07 Å². The molecule has 3 rings (SSSR count). The second-order valence-corrected chi connectivity index (χ2v) is 5.21. The summed E-state index contributed by atoms with van der Waals surface area (Å²) in [6.45, 7) is 1.43. The molecule has 2 aromatic rings. The van der Waals surface area contributed by atoms with Gasteiger partial charge in [0.2, 0.25) is 0 Å². The van der Waals surface area contributed by atoms with Crippen LogP contribution in [0.2, 0.25) is 0 Å². The number of nitrogens with one attached hydrogen (secondary N) is 1. The van der Waals surface area contributed by atoms with Crippen molar-refractivity contribution in [2.75, 3.05) is 0 Å². The molecule has 2 aromatic heterocycles. The van der Waals surface area contributed by atoms with Gasteiger partial charge in [0.15, 0.2) is 11.9 Å². The van der Waals surface area contributed by atoms with Crippen molar-refractivity contribution in [3.05, 3.63) is 28.4 Å². The first-order chi connectivity index (χ1) is 10.5. The number of aliphatic hydroxyl groups is 3. The number of hydrogen-bond donors (Lipinski definition) is 4. The zero-order valence-corrected chi connectivity index (χ0v) is 11.5. The molecule has 9 heteroatoms. The van der Waals surface area contributed by atoms with Gasteiger partial charge in [-0.3, -0.25) is 4.79 Å². The molecule has 1 aliphatic heterocycles. The van der Waals surface area contributed by atoms with E-state index < -0.39 is 36.2 Å². The summed E-state index contributed by atoms with van der Waals surface area (Å²) in [6, 6.07) is 1.88. The molecule has 1 fully saturated rings. The quantitative estimate of drug-likeness (QED) is 0.533. The predicted molar refractivity (Wildman–Crippen MR) is 72.7 cm³/mol. The summed E-state index contributed by atoms with van der Waals surface area (Å²) in [5.74, 6) is 0. The molecule has 0 radical (unpaired) electrons. The molecule has 0 aromatic carbocycles. The molecule has 5 atom stereocenters. The normalized spacial score (nSPS) is 29.6. The minimum atomic E-state index is -1.33. The molecule has 3 heterocycles. The highest BCUT2D eigenvalue weighted by Gasteiger charge is 2.46. The number of aliphatic hydroxyl groups excluding tert-OH is 3. The van der Waals surface area contributed by atoms with Crippen LogP contribution in [0.3, 0.4) is 0 Å². The summed E-state index contributed by atoms with van der Waals surface area (Å²) in [5, 5.41) is 38.9. The number of aromatic nitrogens is 3. The van der Waals surface area contributed by atoms with E-state index in [4.69, 9.17) is 10.00 Å². The first-order valence-electron chi connectivity index (χ1n) is 6.63. The Hall–Kier alpha value is -2.25. The number of aromatic amines is 1. The Bertz CT molecular complexity index is 805. The van der Waals surface area contributed by atoms with Crippen molar-refractivity contribution in [1.82, 2.24) is 14.5 Å². The molecule has 0 bridgehead atoms. The fourth-order valence-electron chi connectivity index (χ4n) is 2.69. The zero-order chi connectivity index (χ0) is 16.0. The standard InChI is InChI=1S/C13H14N4O5/c1-5(18)10-8(19)9(20)13(22-10)17-3-6(2-14)7-11(17)15-4-16-12(7)21/h3-5,8-10,13,18-20H,1H3,(H,15,16,21)/t5-,8+,9-,10-,13?/m1/s1. The lowest BCUT2D eigenvalue weighted by atomic mass is 10.1. The fraction of sp³-hybridized carbons (Fsp3) is 0.462. The average molecular weight is 306 g/mol. The van der Waals surface area contributed by atoms with Gasteiger partial charge in [-0.2, -0.15) is 5.26 Å². The molecule has 0 amide bonds. The molecule has 1 saturated heterocycles. The monoisotopic (exact) mass is 306 g/mol. The van der Waals surface area contributed by atoms with Crippen LogP contribution in [0.1, 0.15) is 18.7 Å². The van der Waals surface area contributed by atoms with Crippen molar-refractivity contribution in [3.8, 4) is 6.07 Å². The molecular formula is C13H14N4O5. The van der Waals surface area contributed by atoms with Crippen LogP contribution in [0.5, 0.6) is 0 Å². The van der Waals surface area contributed by atoms with Crippen LogP contribution >= 0.6 is 0 Å². The Kier molecular flexibility index (Phi) is 3.46. The topological polar surface area (TPSA) is 144 Å². The minimum absolute atomic E-state index is 0.0788. The molecule has 0 saturated carbocycles. The zero-order valence-electron chi connectivity index (χ0n) is 11.5. The Labute approximate surface area is 124 Å². The highest BCUT2D eigenvalue weighted by atomic mass is 16.6. The average Bonchev–Trinajstić information content (AvgIpc) is 2.99. The Morgan fingerprint density at radius 2 is 2.23 bits per heavy atom. The maximum Gasteiger partial charge on any atom is 0.261 e. The van der Waals surface area contributed by atoms with Gasteiger partial charge >= 0.3 is 0 Å². The molecule has 1 aliphatic rings. The number of nitriles is 1. The molecule has 116 valence electrons. The van der Waals surface area contributed by atoms with Crippen molar-refractivity contribution >= 4 is 11.0 Å². The summed E-state index contributed by atoms with van der Waals surface area (Å²) in [5.41, 5.74) is -0.252. The summed E-state index contributed by atoms with van der Waals surface area (Å²) in [6.07, 6.45) is -3.16. The van der Waals surface area contributed by atoms with Crippen molar-refractivity contribution in [2.24, 2.45) is 0 Å². The summed E-state index contributed by atoms with van der Waals surface area (Å²) in [4.78, 5) is 18.2. The van der Waals surface area contributed by atoms with Crippen LogP contribution < -0.4 is 5.56 Å². The maximum atomic E-state index is 11.9. The van der Waals surface area contributed by atoms with Crippen molar-refractivity contribution in [2.45, 2.75) is 37.6 Å². The van der Waals surface area contributed by atoms with E-state index in [-0.39, 0.29) is 16.6 Å². The van der Waals surface area contributed by atoms with E-state index >= 15 is 0 Å². The number of fused-ring (bicyclic) bond motifs is 1. The molecule has 1 unspecified atom stereocenters. The Morgan fingerprint density at radius 3 is 2.82 bits per heavy atom. The van der Waals surface area contributed by atoms with Gasteiger partial charge in [0, 0.05) is 6.20 Å². The Morgan fingerprint density at radius 1 is 1.50 bits per heavy atom. The minimum Gasteiger partial charge on any atom is -0.391 e. The smallest absolute Gasteiger partial charge is 0.261 e. The van der Waals surface area contributed by atoms with Crippen LogP contribution in [-0.4, -0.2) is 54.3 Å². The second-order valence-electron chi connectivity index (χ2n) is 5.21. The van der Waals surface area contributed by atoms with Gasteiger partial charge in [-0.25, -0.2) is 4.98 Å². The van der Waals surface area contributed by atoms with Crippen LogP contribution in [-0.2, 0) is 4.74 Å². The highest BCUT2D eigenvalue weighted by Crippen LogP contribution is 2.33. The van der Waals surface area contributed by atoms with E-state index in [1.165, 1.54) is 24.0 Å². The number of ether oxygens (including phenoxy) is 1. The van der Waals surface area contributed by atoms with Crippen molar-refractivity contribution in [1.29, 1.82) is 5.26 Å². The van der Waals surface area contributed by atoms with Gasteiger partial charge in [-0.05, 0) is 6.92 Å². The third-order valence-electron chi connectivity index (χ3n) is 3.76. The van der Waals surface area contributed by atoms with Crippen LogP contribution in [0.25, 0.3) is 11.0 Å². The van der Waals surface area contributed by atoms with E-state index in [9.17, 15) is 20.1 Å². The van der Waals surface area contributed by atoms with Gasteiger partial charge in [-0.1, -0.05) is 0 Å². The highest BCUT2D eigenvalue weighted by molar-refractivity contribution is 5.82. The summed E-state index contributed by atoms with van der Waals surface area (Å²) >= 11 is 0. The number of H-pyrrole nitrogens is 1. The van der Waals surface area contributed by atoms with Gasteiger partial charge in [0.25, 0.3) is 5.56 Å². The van der Waals surface area contributed by atoms with Crippen LogP contribution in [0.4, 0.5) is 0 Å².